The molecule has 7 nitrogen and oxygen atoms in total. The maximum absolute atomic E-state index is 13.9. The van der Waals surface area contributed by atoms with E-state index >= 15 is 0 Å². The number of nitrogens with one attached hydrogen (secondary N) is 1. The Kier molecular flexibility index (Phi) is 10.4. The lowest BCUT2D eigenvalue weighted by molar-refractivity contribution is -0.123. The number of benzene rings is 2. The van der Waals surface area contributed by atoms with Crippen LogP contribution in [0.2, 0.25) is 0 Å². The number of pyridine rings is 1. The smallest absolute Gasteiger partial charge is 0.269 e. The Morgan fingerprint density at radius 2 is 1.83 bits per heavy atom. The van der Waals surface area contributed by atoms with Crippen molar-refractivity contribution in [2.45, 2.75) is 32.7 Å². The minimum Gasteiger partial charge on any atom is -0.487 e. The molecule has 0 saturated heterocycles. The quantitative estimate of drug-likeness (QED) is 0.365. The van der Waals surface area contributed by atoms with Crippen LogP contribution in [0.5, 0.6) is 5.75 Å². The van der Waals surface area contributed by atoms with Gasteiger partial charge < -0.3 is 25.5 Å². The van der Waals surface area contributed by atoms with Crippen LogP contribution in [0.25, 0.3) is 0 Å². The number of ether oxygens (including phenoxy) is 1. The molecule has 0 saturated carbocycles. The predicted octanol–water partition coefficient (Wildman–Crippen LogP) is 3.18. The lowest BCUT2D eigenvalue weighted by Gasteiger charge is -2.15. The largest absolute Gasteiger partial charge is 0.487 e. The van der Waals surface area contributed by atoms with E-state index in [0.717, 1.165) is 23.3 Å². The first kappa shape index (κ1) is 28.4. The van der Waals surface area contributed by atoms with Gasteiger partial charge in [0.15, 0.2) is 0 Å². The van der Waals surface area contributed by atoms with E-state index in [0.29, 0.717) is 12.2 Å². The second-order valence-electron chi connectivity index (χ2n) is 7.70. The third kappa shape index (κ3) is 7.35. The number of amides is 1. The monoisotopic (exact) mass is 571 g/mol. The fourth-order valence-corrected chi connectivity index (χ4v) is 3.60. The average Bonchev–Trinajstić information content (AvgIpc) is 2.82. The number of aromatic nitrogens is 1. The molecule has 0 spiro atoms. The van der Waals surface area contributed by atoms with Gasteiger partial charge in [-0.2, -0.15) is 0 Å². The Balaban J connectivity index is 0.00000432. The average molecular weight is 573 g/mol. The summed E-state index contributed by atoms with van der Waals surface area (Å²) >= 11 is 3.27. The molecule has 1 atom stereocenters. The maximum Gasteiger partial charge on any atom is 0.269 e. The molecule has 188 valence electrons. The SMILES string of the molecule is Cc1cc(OCc2ccc(F)cc2F)c(Br)c(=O)n1Cc1ccc(CNC(=O)[C@H](N)CO)cc1.Cl. The molecule has 2 aromatic carbocycles. The molecule has 1 amide bonds. The van der Waals surface area contributed by atoms with Crippen LogP contribution in [0.4, 0.5) is 8.78 Å². The lowest BCUT2D eigenvalue weighted by atomic mass is 10.1. The summed E-state index contributed by atoms with van der Waals surface area (Å²) < 4.78 is 34.3. The number of nitrogens with zero attached hydrogens (tertiary/aromatic N) is 1. The van der Waals surface area contributed by atoms with Crippen LogP contribution in [-0.4, -0.2) is 28.2 Å². The molecule has 0 radical (unpaired) electrons. The van der Waals surface area contributed by atoms with E-state index in [4.69, 9.17) is 15.6 Å². The fourth-order valence-electron chi connectivity index (χ4n) is 3.16. The van der Waals surface area contributed by atoms with Gasteiger partial charge in [-0.15, -0.1) is 12.4 Å². The number of halogens is 4. The molecule has 1 aromatic heterocycles. The summed E-state index contributed by atoms with van der Waals surface area (Å²) in [6.45, 7) is 1.74. The Morgan fingerprint density at radius 3 is 2.46 bits per heavy atom. The van der Waals surface area contributed by atoms with Crippen LogP contribution in [-0.2, 0) is 24.5 Å². The molecule has 0 bridgehead atoms. The minimum atomic E-state index is -0.964. The molecule has 0 unspecified atom stereocenters. The first-order chi connectivity index (χ1) is 16.2. The van der Waals surface area contributed by atoms with Crippen molar-refractivity contribution >= 4 is 34.2 Å². The minimum absolute atomic E-state index is 0. The van der Waals surface area contributed by atoms with Crippen molar-refractivity contribution in [2.24, 2.45) is 5.73 Å². The van der Waals surface area contributed by atoms with Gasteiger partial charge in [0, 0.05) is 29.9 Å². The number of aryl methyl sites for hydroxylation is 1. The molecule has 0 aliphatic rings. The van der Waals surface area contributed by atoms with Crippen molar-refractivity contribution in [3.8, 4) is 5.75 Å². The van der Waals surface area contributed by atoms with E-state index in [1.54, 1.807) is 17.6 Å². The van der Waals surface area contributed by atoms with Gasteiger partial charge in [-0.25, -0.2) is 8.78 Å². The van der Waals surface area contributed by atoms with E-state index in [1.807, 2.05) is 24.3 Å². The molecule has 3 aromatic rings. The molecule has 1 heterocycles. The molecule has 3 rings (SSSR count). The first-order valence-electron chi connectivity index (χ1n) is 10.4. The van der Waals surface area contributed by atoms with Crippen LogP contribution >= 0.6 is 28.3 Å². The van der Waals surface area contributed by atoms with Gasteiger partial charge in [0.25, 0.3) is 5.56 Å². The Labute approximate surface area is 215 Å². The molecule has 35 heavy (non-hydrogen) atoms. The predicted molar refractivity (Wildman–Crippen MR) is 134 cm³/mol. The van der Waals surface area contributed by atoms with Crippen molar-refractivity contribution in [2.75, 3.05) is 6.61 Å². The molecule has 4 N–H and O–H groups in total. The van der Waals surface area contributed by atoms with E-state index < -0.39 is 30.2 Å². The number of carbonyl (C=O) groups is 1. The molecule has 0 fully saturated rings. The second-order valence-corrected chi connectivity index (χ2v) is 8.50. The lowest BCUT2D eigenvalue weighted by Crippen LogP contribution is -2.42. The number of hydrogen-bond acceptors (Lipinski definition) is 5. The highest BCUT2D eigenvalue weighted by atomic mass is 79.9. The summed E-state index contributed by atoms with van der Waals surface area (Å²) in [5, 5.41) is 11.5. The summed E-state index contributed by atoms with van der Waals surface area (Å²) in [5.74, 6) is -1.58. The van der Waals surface area contributed by atoms with E-state index in [2.05, 4.69) is 21.2 Å². The highest BCUT2D eigenvalue weighted by Gasteiger charge is 2.14. The maximum atomic E-state index is 13.9. The number of carbonyl (C=O) groups excluding carboxylic acids is 1. The Bertz CT molecular complexity index is 1240. The molecular formula is C24H25BrClF2N3O4. The summed E-state index contributed by atoms with van der Waals surface area (Å²) in [4.78, 5) is 24.6. The van der Waals surface area contributed by atoms with Crippen LogP contribution in [0.3, 0.4) is 0 Å². The summed E-state index contributed by atoms with van der Waals surface area (Å²) in [6, 6.07) is 11.3. The third-order valence-electron chi connectivity index (χ3n) is 5.18. The van der Waals surface area contributed by atoms with Crippen LogP contribution in [0.1, 0.15) is 22.4 Å². The highest BCUT2D eigenvalue weighted by molar-refractivity contribution is 9.10. The Morgan fingerprint density at radius 1 is 1.17 bits per heavy atom. The van der Waals surface area contributed by atoms with Crippen molar-refractivity contribution in [1.82, 2.24) is 9.88 Å². The van der Waals surface area contributed by atoms with Gasteiger partial charge in [-0.3, -0.25) is 9.59 Å². The third-order valence-corrected chi connectivity index (χ3v) is 5.91. The van der Waals surface area contributed by atoms with Gasteiger partial charge in [0.1, 0.15) is 34.5 Å². The van der Waals surface area contributed by atoms with Crippen molar-refractivity contribution in [1.29, 1.82) is 0 Å². The van der Waals surface area contributed by atoms with Gasteiger partial charge in [-0.1, -0.05) is 24.3 Å². The normalized spacial score (nSPS) is 11.5. The van der Waals surface area contributed by atoms with Crippen molar-refractivity contribution in [3.63, 3.8) is 0 Å². The van der Waals surface area contributed by atoms with Crippen LogP contribution in [0.15, 0.2) is 57.8 Å². The zero-order valence-electron chi connectivity index (χ0n) is 18.8. The fraction of sp³-hybridized carbons (Fsp3) is 0.250. The van der Waals surface area contributed by atoms with Crippen molar-refractivity contribution in [3.05, 3.63) is 97.4 Å². The number of nitrogens with two attached hydrogens (primary N) is 1. The first-order valence-corrected chi connectivity index (χ1v) is 11.2. The topological polar surface area (TPSA) is 107 Å². The van der Waals surface area contributed by atoms with E-state index in [-0.39, 0.29) is 46.9 Å². The molecule has 0 aliphatic heterocycles. The van der Waals surface area contributed by atoms with Crippen molar-refractivity contribution < 1.29 is 23.4 Å². The number of aliphatic hydroxyl groups excluding tert-OH is 1. The molecular weight excluding hydrogens is 548 g/mol. The zero-order valence-corrected chi connectivity index (χ0v) is 21.2. The van der Waals surface area contributed by atoms with E-state index in [9.17, 15) is 18.4 Å². The summed E-state index contributed by atoms with van der Waals surface area (Å²) in [6.07, 6.45) is 0. The zero-order chi connectivity index (χ0) is 24.8. The van der Waals surface area contributed by atoms with Gasteiger partial charge in [-0.05, 0) is 46.1 Å². The van der Waals surface area contributed by atoms with Crippen LogP contribution in [0, 0.1) is 18.6 Å². The Hall–Kier alpha value is -2.79. The number of rotatable bonds is 9. The van der Waals surface area contributed by atoms with E-state index in [1.165, 1.54) is 6.07 Å². The van der Waals surface area contributed by atoms with Gasteiger partial charge in [0.2, 0.25) is 5.91 Å². The van der Waals surface area contributed by atoms with Gasteiger partial charge in [0.05, 0.1) is 13.2 Å². The molecule has 11 heteroatoms. The van der Waals surface area contributed by atoms with Gasteiger partial charge >= 0.3 is 0 Å². The second kappa shape index (κ2) is 12.8. The number of hydrogen-bond donors (Lipinski definition) is 3. The summed E-state index contributed by atoms with van der Waals surface area (Å²) in [5.41, 5.74) is 7.66. The van der Waals surface area contributed by atoms with Crippen LogP contribution < -0.4 is 21.3 Å². The summed E-state index contributed by atoms with van der Waals surface area (Å²) in [7, 11) is 0. The number of aliphatic hydroxyl groups is 1. The standard InChI is InChI=1S/C24H24BrF2N3O4.ClH/c1-14-8-21(34-13-17-6-7-18(26)9-19(17)27)22(25)24(33)30(14)11-16-4-2-15(3-5-16)10-29-23(32)20(28)12-31;/h2-9,20,31H,10-13,28H2,1H3,(H,29,32);1H/t20-;/m1./s1. The molecule has 0 aliphatic carbocycles. The highest BCUT2D eigenvalue weighted by Crippen LogP contribution is 2.24.